The number of rotatable bonds is 5. The van der Waals surface area contributed by atoms with Gasteiger partial charge in [0.2, 0.25) is 0 Å². The van der Waals surface area contributed by atoms with E-state index in [0.29, 0.717) is 11.3 Å². The van der Waals surface area contributed by atoms with Crippen molar-refractivity contribution in [3.63, 3.8) is 0 Å². The van der Waals surface area contributed by atoms with Gasteiger partial charge in [0.25, 0.3) is 0 Å². The summed E-state index contributed by atoms with van der Waals surface area (Å²) in [5, 5.41) is 0. The van der Waals surface area contributed by atoms with E-state index in [1.54, 1.807) is 6.07 Å². The van der Waals surface area contributed by atoms with Gasteiger partial charge in [-0.05, 0) is 41.5 Å². The summed E-state index contributed by atoms with van der Waals surface area (Å²) >= 11 is 0. The second-order valence-corrected chi connectivity index (χ2v) is 6.51. The Hall–Kier alpha value is -3.86. The zero-order valence-electron chi connectivity index (χ0n) is 16.2. The van der Waals surface area contributed by atoms with Gasteiger partial charge in [0.15, 0.2) is 0 Å². The molecule has 4 aromatic rings. The highest BCUT2D eigenvalue weighted by Crippen LogP contribution is 2.24. The fourth-order valence-electron chi connectivity index (χ4n) is 3.16. The number of para-hydroxylation sites is 2. The molecular formula is C24H20N2O3. The van der Waals surface area contributed by atoms with Crippen molar-refractivity contribution in [1.29, 1.82) is 0 Å². The van der Waals surface area contributed by atoms with Crippen molar-refractivity contribution in [3.8, 4) is 17.1 Å². The van der Waals surface area contributed by atoms with Crippen molar-refractivity contribution >= 4 is 29.2 Å². The second-order valence-electron chi connectivity index (χ2n) is 6.51. The summed E-state index contributed by atoms with van der Waals surface area (Å²) in [5.41, 5.74) is 5.34. The largest absolute Gasteiger partial charge is 0.496 e. The number of hydrogen-bond acceptors (Lipinski definition) is 4. The van der Waals surface area contributed by atoms with Crippen LogP contribution >= 0.6 is 0 Å². The molecule has 1 heterocycles. The summed E-state index contributed by atoms with van der Waals surface area (Å²) in [6.45, 7) is 0. The van der Waals surface area contributed by atoms with Crippen LogP contribution in [0.2, 0.25) is 0 Å². The molecule has 29 heavy (non-hydrogen) atoms. The fourth-order valence-corrected chi connectivity index (χ4v) is 3.16. The highest BCUT2D eigenvalue weighted by atomic mass is 16.5. The Morgan fingerprint density at radius 3 is 2.48 bits per heavy atom. The topological polar surface area (TPSA) is 64.2 Å². The molecule has 0 atom stereocenters. The highest BCUT2D eigenvalue weighted by molar-refractivity contribution is 5.93. The fraction of sp³-hybridized carbons (Fsp3) is 0.0833. The Morgan fingerprint density at radius 1 is 0.931 bits per heavy atom. The summed E-state index contributed by atoms with van der Waals surface area (Å²) in [7, 11) is 2.89. The van der Waals surface area contributed by atoms with Crippen LogP contribution in [0.5, 0.6) is 5.75 Å². The Morgan fingerprint density at radius 2 is 1.72 bits per heavy atom. The molecule has 0 aliphatic rings. The Labute approximate surface area is 168 Å². The number of ether oxygens (including phenoxy) is 2. The van der Waals surface area contributed by atoms with E-state index < -0.39 is 5.97 Å². The van der Waals surface area contributed by atoms with E-state index in [-0.39, 0.29) is 0 Å². The second kappa shape index (κ2) is 8.02. The Bertz CT molecular complexity index is 1170. The number of aromatic amines is 1. The third-order valence-electron chi connectivity index (χ3n) is 4.65. The predicted octanol–water partition coefficient (Wildman–Crippen LogP) is 5.20. The van der Waals surface area contributed by atoms with Crippen LogP contribution in [0, 0.1) is 0 Å². The molecule has 0 spiro atoms. The molecule has 0 saturated carbocycles. The zero-order valence-corrected chi connectivity index (χ0v) is 16.2. The molecule has 0 radical (unpaired) electrons. The van der Waals surface area contributed by atoms with Gasteiger partial charge in [-0.2, -0.15) is 0 Å². The number of nitrogens with one attached hydrogen (secondary N) is 1. The molecule has 0 fully saturated rings. The lowest BCUT2D eigenvalue weighted by molar-refractivity contribution is 0.0597. The molecule has 0 amide bonds. The van der Waals surface area contributed by atoms with Crippen LogP contribution in [0.15, 0.2) is 66.7 Å². The number of aromatic nitrogens is 2. The molecule has 0 saturated heterocycles. The number of benzene rings is 3. The molecule has 0 aliphatic carbocycles. The summed E-state index contributed by atoms with van der Waals surface area (Å²) in [5.74, 6) is 0.900. The van der Waals surface area contributed by atoms with E-state index in [9.17, 15) is 4.79 Å². The lowest BCUT2D eigenvalue weighted by Crippen LogP contribution is -2.03. The number of hydrogen-bond donors (Lipinski definition) is 1. The molecule has 0 bridgehead atoms. The van der Waals surface area contributed by atoms with Gasteiger partial charge in [-0.25, -0.2) is 9.78 Å². The zero-order chi connectivity index (χ0) is 20.2. The van der Waals surface area contributed by atoms with Gasteiger partial charge in [0.05, 0.1) is 25.3 Å². The van der Waals surface area contributed by atoms with Crippen molar-refractivity contribution in [3.05, 3.63) is 83.4 Å². The minimum absolute atomic E-state index is 0.402. The van der Waals surface area contributed by atoms with Crippen LogP contribution < -0.4 is 4.74 Å². The maximum Gasteiger partial charge on any atom is 0.341 e. The first-order chi connectivity index (χ1) is 14.2. The number of methoxy groups -OCH3 is 2. The SMILES string of the molecule is COC(=O)c1ccc(C=Cc2cccc(-c3nc4ccccc4[nH]3)c2)cc1OC. The van der Waals surface area contributed by atoms with Crippen molar-refractivity contribution < 1.29 is 14.3 Å². The first-order valence-electron chi connectivity index (χ1n) is 9.17. The maximum absolute atomic E-state index is 11.8. The lowest BCUT2D eigenvalue weighted by atomic mass is 10.1. The summed E-state index contributed by atoms with van der Waals surface area (Å²) in [6, 6.07) is 21.5. The van der Waals surface area contributed by atoms with Gasteiger partial charge >= 0.3 is 5.97 Å². The van der Waals surface area contributed by atoms with Crippen LogP contribution in [0.1, 0.15) is 21.5 Å². The van der Waals surface area contributed by atoms with Gasteiger partial charge in [-0.15, -0.1) is 0 Å². The van der Waals surface area contributed by atoms with Crippen LogP contribution in [0.3, 0.4) is 0 Å². The quantitative estimate of drug-likeness (QED) is 0.380. The predicted molar refractivity (Wildman–Crippen MR) is 115 cm³/mol. The molecule has 0 unspecified atom stereocenters. The van der Waals surface area contributed by atoms with Gasteiger partial charge < -0.3 is 14.5 Å². The normalized spacial score (nSPS) is 11.1. The van der Waals surface area contributed by atoms with Crippen molar-refractivity contribution in [2.45, 2.75) is 0 Å². The number of esters is 1. The summed E-state index contributed by atoms with van der Waals surface area (Å²) in [6.07, 6.45) is 3.99. The summed E-state index contributed by atoms with van der Waals surface area (Å²) < 4.78 is 10.1. The van der Waals surface area contributed by atoms with E-state index in [1.165, 1.54) is 14.2 Å². The maximum atomic E-state index is 11.8. The molecule has 1 N–H and O–H groups in total. The summed E-state index contributed by atoms with van der Waals surface area (Å²) in [4.78, 5) is 19.8. The minimum atomic E-state index is -0.420. The van der Waals surface area contributed by atoms with E-state index in [1.807, 2.05) is 66.7 Å². The van der Waals surface area contributed by atoms with E-state index >= 15 is 0 Å². The number of H-pyrrole nitrogens is 1. The third kappa shape index (κ3) is 3.89. The molecule has 5 nitrogen and oxygen atoms in total. The highest BCUT2D eigenvalue weighted by Gasteiger charge is 2.12. The van der Waals surface area contributed by atoms with Gasteiger partial charge in [-0.1, -0.05) is 48.6 Å². The molecule has 144 valence electrons. The Balaban J connectivity index is 1.61. The first kappa shape index (κ1) is 18.5. The van der Waals surface area contributed by atoms with Crippen LogP contribution in [-0.4, -0.2) is 30.2 Å². The van der Waals surface area contributed by atoms with Crippen LogP contribution in [0.4, 0.5) is 0 Å². The van der Waals surface area contributed by atoms with E-state index in [2.05, 4.69) is 16.0 Å². The van der Waals surface area contributed by atoms with Crippen molar-refractivity contribution in [2.24, 2.45) is 0 Å². The van der Waals surface area contributed by atoms with Crippen molar-refractivity contribution in [2.75, 3.05) is 14.2 Å². The van der Waals surface area contributed by atoms with Crippen molar-refractivity contribution in [1.82, 2.24) is 9.97 Å². The number of carbonyl (C=O) groups excluding carboxylic acids is 1. The molecule has 1 aromatic heterocycles. The average molecular weight is 384 g/mol. The molecular weight excluding hydrogens is 364 g/mol. The smallest absolute Gasteiger partial charge is 0.341 e. The van der Waals surface area contributed by atoms with Crippen LogP contribution in [0.25, 0.3) is 34.6 Å². The molecule has 5 heteroatoms. The monoisotopic (exact) mass is 384 g/mol. The standard InChI is InChI=1S/C24H20N2O3/c1-28-22-15-17(12-13-19(22)24(27)29-2)11-10-16-6-5-7-18(14-16)23-25-20-8-3-4-9-21(20)26-23/h3-15H,1-2H3,(H,25,26). The average Bonchev–Trinajstić information content (AvgIpc) is 3.21. The van der Waals surface area contributed by atoms with E-state index in [4.69, 9.17) is 9.47 Å². The molecule has 4 rings (SSSR count). The third-order valence-corrected chi connectivity index (χ3v) is 4.65. The lowest BCUT2D eigenvalue weighted by Gasteiger charge is -2.07. The number of fused-ring (bicyclic) bond motifs is 1. The van der Waals surface area contributed by atoms with Gasteiger partial charge in [0.1, 0.15) is 17.1 Å². The van der Waals surface area contributed by atoms with Gasteiger partial charge in [-0.3, -0.25) is 0 Å². The number of imidazole rings is 1. The van der Waals surface area contributed by atoms with E-state index in [0.717, 1.165) is 33.5 Å². The molecule has 0 aliphatic heterocycles. The van der Waals surface area contributed by atoms with Crippen LogP contribution in [-0.2, 0) is 4.74 Å². The Kier molecular flexibility index (Phi) is 5.12. The first-order valence-corrected chi connectivity index (χ1v) is 9.17. The molecule has 3 aromatic carbocycles. The number of carbonyl (C=O) groups is 1. The number of nitrogens with zero attached hydrogens (tertiary/aromatic N) is 1. The minimum Gasteiger partial charge on any atom is -0.496 e. The van der Waals surface area contributed by atoms with Gasteiger partial charge in [0, 0.05) is 5.56 Å².